The maximum absolute atomic E-state index is 11.6. The number of anilines is 1. The predicted octanol–water partition coefficient (Wildman–Crippen LogP) is 1.19. The average molecular weight is 342 g/mol. The number of nitrogens with zero attached hydrogens (tertiary/aromatic N) is 4. The van der Waals surface area contributed by atoms with Gasteiger partial charge in [-0.1, -0.05) is 0 Å². The van der Waals surface area contributed by atoms with Gasteiger partial charge in [-0.15, -0.1) is 0 Å². The van der Waals surface area contributed by atoms with Gasteiger partial charge < -0.3 is 15.2 Å². The van der Waals surface area contributed by atoms with Crippen molar-refractivity contribution >= 4 is 5.82 Å². The van der Waals surface area contributed by atoms with E-state index in [1.165, 1.54) is 6.07 Å². The molecule has 2 aromatic heterocycles. The van der Waals surface area contributed by atoms with Crippen LogP contribution in [0, 0.1) is 6.92 Å². The number of hydrogen-bond acceptors (Lipinski definition) is 6. The summed E-state index contributed by atoms with van der Waals surface area (Å²) in [6, 6.07) is 5.65. The van der Waals surface area contributed by atoms with Gasteiger partial charge >= 0.3 is 0 Å². The minimum atomic E-state index is -0.148. The van der Waals surface area contributed by atoms with Crippen LogP contribution in [0.15, 0.2) is 29.2 Å². The largest absolute Gasteiger partial charge is 0.366 e. The van der Waals surface area contributed by atoms with Crippen molar-refractivity contribution in [3.05, 3.63) is 40.4 Å². The lowest BCUT2D eigenvalue weighted by atomic mass is 10.2. The first-order chi connectivity index (χ1) is 12.0. The van der Waals surface area contributed by atoms with Crippen molar-refractivity contribution in [2.45, 2.75) is 19.9 Å². The summed E-state index contributed by atoms with van der Waals surface area (Å²) in [6.07, 6.45) is 1.74. The smallest absolute Gasteiger partial charge is 0.251 e. The van der Waals surface area contributed by atoms with Gasteiger partial charge in [0, 0.05) is 62.3 Å². The fraction of sp³-hybridized carbons (Fsp3) is 0.500. The molecule has 1 aliphatic heterocycles. The molecule has 0 saturated carbocycles. The van der Waals surface area contributed by atoms with E-state index in [1.807, 2.05) is 19.1 Å². The molecule has 0 bridgehead atoms. The number of aromatic nitrogens is 3. The third-order valence-electron chi connectivity index (χ3n) is 4.43. The predicted molar refractivity (Wildman–Crippen MR) is 99.8 cm³/mol. The molecule has 0 amide bonds. The van der Waals surface area contributed by atoms with Crippen LogP contribution in [-0.2, 0) is 0 Å². The Labute approximate surface area is 148 Å². The van der Waals surface area contributed by atoms with E-state index in [0.29, 0.717) is 17.6 Å². The molecule has 1 atom stereocenters. The molecular formula is C18H26N6O. The molecule has 1 unspecified atom stereocenters. The fourth-order valence-corrected chi connectivity index (χ4v) is 3.05. The first-order valence-electron chi connectivity index (χ1n) is 8.71. The Balaban J connectivity index is 1.59. The van der Waals surface area contributed by atoms with Crippen LogP contribution >= 0.6 is 0 Å². The standard InChI is InChI=1S/C18H26N6O/c1-13-10-17(25)22-18(21-13)15-4-5-16(19-11-15)20-14(2)12-24-8-6-23(3)7-9-24/h4-5,10-11,14H,6-9,12H2,1-3H3,(H,19,20)(H,21,22,25). The molecule has 7 nitrogen and oxygen atoms in total. The Bertz CT molecular complexity index is 749. The van der Waals surface area contributed by atoms with Gasteiger partial charge in [-0.3, -0.25) is 9.69 Å². The van der Waals surface area contributed by atoms with Crippen LogP contribution in [0.4, 0.5) is 5.82 Å². The van der Waals surface area contributed by atoms with Gasteiger partial charge in [-0.05, 0) is 33.0 Å². The highest BCUT2D eigenvalue weighted by atomic mass is 16.1. The van der Waals surface area contributed by atoms with E-state index in [1.54, 1.807) is 6.20 Å². The Kier molecular flexibility index (Phi) is 5.45. The molecule has 7 heteroatoms. The number of rotatable bonds is 5. The number of piperazine rings is 1. The van der Waals surface area contributed by atoms with E-state index in [2.05, 4.69) is 44.0 Å². The lowest BCUT2D eigenvalue weighted by molar-refractivity contribution is 0.151. The van der Waals surface area contributed by atoms with Gasteiger partial charge in [0.15, 0.2) is 0 Å². The molecule has 1 fully saturated rings. The highest BCUT2D eigenvalue weighted by molar-refractivity contribution is 5.55. The van der Waals surface area contributed by atoms with E-state index in [4.69, 9.17) is 0 Å². The van der Waals surface area contributed by atoms with E-state index < -0.39 is 0 Å². The number of H-pyrrole nitrogens is 1. The molecule has 0 spiro atoms. The fourth-order valence-electron chi connectivity index (χ4n) is 3.05. The molecular weight excluding hydrogens is 316 g/mol. The first-order valence-corrected chi connectivity index (χ1v) is 8.71. The summed E-state index contributed by atoms with van der Waals surface area (Å²) < 4.78 is 0. The minimum absolute atomic E-state index is 0.148. The molecule has 1 saturated heterocycles. The third kappa shape index (κ3) is 4.87. The third-order valence-corrected chi connectivity index (χ3v) is 4.43. The molecule has 0 aliphatic carbocycles. The van der Waals surface area contributed by atoms with Crippen LogP contribution in [0.3, 0.4) is 0 Å². The van der Waals surface area contributed by atoms with Gasteiger partial charge in [0.25, 0.3) is 5.56 Å². The zero-order chi connectivity index (χ0) is 17.8. The highest BCUT2D eigenvalue weighted by Gasteiger charge is 2.16. The molecule has 25 heavy (non-hydrogen) atoms. The number of pyridine rings is 1. The van der Waals surface area contributed by atoms with Crippen LogP contribution in [0.25, 0.3) is 11.4 Å². The molecule has 2 N–H and O–H groups in total. The van der Waals surface area contributed by atoms with Gasteiger partial charge in [-0.25, -0.2) is 9.97 Å². The van der Waals surface area contributed by atoms with Gasteiger partial charge in [0.05, 0.1) is 0 Å². The Hall–Kier alpha value is -2.25. The number of aromatic amines is 1. The van der Waals surface area contributed by atoms with Crippen molar-refractivity contribution in [1.82, 2.24) is 24.8 Å². The van der Waals surface area contributed by atoms with Crippen molar-refractivity contribution in [3.8, 4) is 11.4 Å². The summed E-state index contributed by atoms with van der Waals surface area (Å²) in [6.45, 7) is 9.46. The van der Waals surface area contributed by atoms with Crippen LogP contribution < -0.4 is 10.9 Å². The average Bonchev–Trinajstić information content (AvgIpc) is 2.57. The Morgan fingerprint density at radius 2 is 2.04 bits per heavy atom. The number of nitrogens with one attached hydrogen (secondary N) is 2. The van der Waals surface area contributed by atoms with Gasteiger partial charge in [-0.2, -0.15) is 0 Å². The summed E-state index contributed by atoms with van der Waals surface area (Å²) in [5.41, 5.74) is 1.35. The highest BCUT2D eigenvalue weighted by Crippen LogP contribution is 2.15. The number of aryl methyl sites for hydroxylation is 1. The molecule has 2 aromatic rings. The second-order valence-corrected chi connectivity index (χ2v) is 6.82. The topological polar surface area (TPSA) is 77.2 Å². The zero-order valence-electron chi connectivity index (χ0n) is 15.1. The van der Waals surface area contributed by atoms with Crippen molar-refractivity contribution < 1.29 is 0 Å². The SMILES string of the molecule is Cc1cc(=O)[nH]c(-c2ccc(NC(C)CN3CCN(C)CC3)nc2)n1. The van der Waals surface area contributed by atoms with Crippen LogP contribution in [0.5, 0.6) is 0 Å². The minimum Gasteiger partial charge on any atom is -0.366 e. The summed E-state index contributed by atoms with van der Waals surface area (Å²) in [7, 11) is 2.17. The second-order valence-electron chi connectivity index (χ2n) is 6.82. The van der Waals surface area contributed by atoms with Crippen molar-refractivity contribution in [2.75, 3.05) is 45.1 Å². The summed E-state index contributed by atoms with van der Waals surface area (Å²) in [5, 5.41) is 3.44. The molecule has 1 aliphatic rings. The molecule has 134 valence electrons. The molecule has 0 radical (unpaired) electrons. The number of hydrogen-bond donors (Lipinski definition) is 2. The summed E-state index contributed by atoms with van der Waals surface area (Å²) >= 11 is 0. The van der Waals surface area contributed by atoms with E-state index in [9.17, 15) is 4.79 Å². The second kappa shape index (κ2) is 7.76. The van der Waals surface area contributed by atoms with Crippen molar-refractivity contribution in [1.29, 1.82) is 0 Å². The van der Waals surface area contributed by atoms with Crippen LogP contribution in [-0.4, -0.2) is 70.6 Å². The van der Waals surface area contributed by atoms with Gasteiger partial charge in [0.1, 0.15) is 11.6 Å². The van der Waals surface area contributed by atoms with E-state index >= 15 is 0 Å². The normalized spacial score (nSPS) is 17.4. The summed E-state index contributed by atoms with van der Waals surface area (Å²) in [5.74, 6) is 1.38. The molecule has 3 heterocycles. The lowest BCUT2D eigenvalue weighted by Gasteiger charge is -2.34. The van der Waals surface area contributed by atoms with Crippen molar-refractivity contribution in [3.63, 3.8) is 0 Å². The van der Waals surface area contributed by atoms with E-state index in [-0.39, 0.29) is 5.56 Å². The Morgan fingerprint density at radius 1 is 1.28 bits per heavy atom. The maximum Gasteiger partial charge on any atom is 0.251 e. The molecule has 3 rings (SSSR count). The monoisotopic (exact) mass is 342 g/mol. The quantitative estimate of drug-likeness (QED) is 0.850. The first kappa shape index (κ1) is 17.6. The summed E-state index contributed by atoms with van der Waals surface area (Å²) in [4.78, 5) is 28.0. The lowest BCUT2D eigenvalue weighted by Crippen LogP contribution is -2.47. The van der Waals surface area contributed by atoms with Crippen molar-refractivity contribution in [2.24, 2.45) is 0 Å². The molecule has 0 aromatic carbocycles. The Morgan fingerprint density at radius 3 is 2.68 bits per heavy atom. The van der Waals surface area contributed by atoms with E-state index in [0.717, 1.165) is 44.1 Å². The number of likely N-dealkylation sites (N-methyl/N-ethyl adjacent to an activating group) is 1. The van der Waals surface area contributed by atoms with Crippen LogP contribution in [0.1, 0.15) is 12.6 Å². The maximum atomic E-state index is 11.6. The van der Waals surface area contributed by atoms with Crippen LogP contribution in [0.2, 0.25) is 0 Å². The zero-order valence-corrected chi connectivity index (χ0v) is 15.1. The van der Waals surface area contributed by atoms with Gasteiger partial charge in [0.2, 0.25) is 0 Å².